The summed E-state index contributed by atoms with van der Waals surface area (Å²) in [7, 11) is 2.20. The summed E-state index contributed by atoms with van der Waals surface area (Å²) in [6.07, 6.45) is 1.22. The topological polar surface area (TPSA) is 28.4 Å². The Bertz CT molecular complexity index is 515. The Balaban J connectivity index is 1.62. The van der Waals surface area contributed by atoms with Crippen LogP contribution < -0.4 is 5.32 Å². The molecule has 0 amide bonds. The Morgan fingerprint density at radius 1 is 1.37 bits per heavy atom. The Kier molecular flexibility index (Phi) is 3.58. The highest BCUT2D eigenvalue weighted by Gasteiger charge is 2.23. The number of para-hydroxylation sites is 1. The van der Waals surface area contributed by atoms with Crippen LogP contribution in [0, 0.1) is 5.92 Å². The van der Waals surface area contributed by atoms with Crippen molar-refractivity contribution in [2.45, 2.75) is 25.9 Å². The Morgan fingerprint density at radius 3 is 3.00 bits per heavy atom. The average Bonchev–Trinajstić information content (AvgIpc) is 2.80. The fourth-order valence-corrected chi connectivity index (χ4v) is 3.01. The molecule has 1 aromatic heterocycles. The summed E-state index contributed by atoms with van der Waals surface area (Å²) in [5.74, 6) is 1.73. The van der Waals surface area contributed by atoms with Crippen molar-refractivity contribution in [1.82, 2.24) is 10.2 Å². The van der Waals surface area contributed by atoms with Crippen LogP contribution in [-0.4, -0.2) is 31.1 Å². The van der Waals surface area contributed by atoms with E-state index < -0.39 is 0 Å². The molecule has 2 atom stereocenters. The predicted octanol–water partition coefficient (Wildman–Crippen LogP) is 2.86. The van der Waals surface area contributed by atoms with Crippen molar-refractivity contribution in [3.63, 3.8) is 0 Å². The molecule has 2 aromatic rings. The van der Waals surface area contributed by atoms with Gasteiger partial charge in [0.1, 0.15) is 11.3 Å². The molecule has 102 valence electrons. The fraction of sp³-hybridized carbons (Fsp3) is 0.500. The molecule has 0 radical (unpaired) electrons. The highest BCUT2D eigenvalue weighted by molar-refractivity contribution is 5.77. The van der Waals surface area contributed by atoms with E-state index in [4.69, 9.17) is 4.42 Å². The summed E-state index contributed by atoms with van der Waals surface area (Å²) >= 11 is 0. The zero-order chi connectivity index (χ0) is 13.2. The fourth-order valence-electron chi connectivity index (χ4n) is 3.01. The number of hydrogen-bond donors (Lipinski definition) is 1. The molecular formula is C16H22N2O. The molecule has 1 aliphatic heterocycles. The summed E-state index contributed by atoms with van der Waals surface area (Å²) in [6, 6.07) is 10.9. The molecule has 0 saturated carbocycles. The van der Waals surface area contributed by atoms with Gasteiger partial charge in [-0.25, -0.2) is 0 Å². The smallest absolute Gasteiger partial charge is 0.134 e. The second-order valence-electron chi connectivity index (χ2n) is 5.77. The molecule has 1 fully saturated rings. The molecule has 1 N–H and O–H groups in total. The van der Waals surface area contributed by atoms with Gasteiger partial charge in [0.15, 0.2) is 0 Å². The van der Waals surface area contributed by atoms with Crippen molar-refractivity contribution in [1.29, 1.82) is 0 Å². The van der Waals surface area contributed by atoms with Gasteiger partial charge in [0.05, 0.1) is 6.54 Å². The molecule has 2 heterocycles. The molecule has 3 rings (SSSR count). The summed E-state index contributed by atoms with van der Waals surface area (Å²) in [5.41, 5.74) is 0.982. The van der Waals surface area contributed by atoms with Crippen LogP contribution in [0.1, 0.15) is 19.1 Å². The normalized spacial score (nSPS) is 24.9. The predicted molar refractivity (Wildman–Crippen MR) is 78.1 cm³/mol. The second-order valence-corrected chi connectivity index (χ2v) is 5.77. The van der Waals surface area contributed by atoms with Crippen LogP contribution in [0.4, 0.5) is 0 Å². The van der Waals surface area contributed by atoms with Crippen molar-refractivity contribution in [2.24, 2.45) is 5.92 Å². The minimum Gasteiger partial charge on any atom is -0.460 e. The lowest BCUT2D eigenvalue weighted by Crippen LogP contribution is -2.46. The highest BCUT2D eigenvalue weighted by atomic mass is 16.3. The first-order valence-electron chi connectivity index (χ1n) is 7.12. The Morgan fingerprint density at radius 2 is 2.21 bits per heavy atom. The van der Waals surface area contributed by atoms with Gasteiger partial charge < -0.3 is 14.6 Å². The zero-order valence-corrected chi connectivity index (χ0v) is 11.7. The van der Waals surface area contributed by atoms with Gasteiger partial charge in [0.2, 0.25) is 0 Å². The van der Waals surface area contributed by atoms with Crippen molar-refractivity contribution in [3.8, 4) is 0 Å². The molecule has 0 spiro atoms. The number of furan rings is 1. The van der Waals surface area contributed by atoms with Gasteiger partial charge in [-0.2, -0.15) is 0 Å². The minimum absolute atomic E-state index is 0.601. The Hall–Kier alpha value is -1.32. The zero-order valence-electron chi connectivity index (χ0n) is 11.7. The molecule has 3 heteroatoms. The van der Waals surface area contributed by atoms with Crippen LogP contribution in [0.25, 0.3) is 11.0 Å². The van der Waals surface area contributed by atoms with Crippen LogP contribution in [0.3, 0.4) is 0 Å². The van der Waals surface area contributed by atoms with E-state index in [2.05, 4.69) is 36.3 Å². The molecule has 1 aromatic carbocycles. The number of fused-ring (bicyclic) bond motifs is 1. The third-order valence-corrected chi connectivity index (χ3v) is 4.12. The maximum Gasteiger partial charge on any atom is 0.134 e. The first kappa shape index (κ1) is 12.7. The van der Waals surface area contributed by atoms with Gasteiger partial charge in [-0.1, -0.05) is 25.1 Å². The van der Waals surface area contributed by atoms with Crippen LogP contribution >= 0.6 is 0 Å². The first-order chi connectivity index (χ1) is 9.22. The number of likely N-dealkylation sites (tertiary alicyclic amines) is 1. The summed E-state index contributed by atoms with van der Waals surface area (Å²) in [5, 5.41) is 4.84. The molecular weight excluding hydrogens is 236 g/mol. The molecule has 1 saturated heterocycles. The van der Waals surface area contributed by atoms with E-state index in [1.807, 2.05) is 18.2 Å². The number of benzene rings is 1. The summed E-state index contributed by atoms with van der Waals surface area (Å²) in [6.45, 7) is 5.51. The summed E-state index contributed by atoms with van der Waals surface area (Å²) in [4.78, 5) is 2.41. The third kappa shape index (κ3) is 2.82. The van der Waals surface area contributed by atoms with Crippen molar-refractivity contribution in [2.75, 3.05) is 20.1 Å². The standard InChI is InChI=1S/C16H22N2O/c1-12-11-18(2)8-7-15(12)17-10-14-9-13-5-3-4-6-16(13)19-14/h3-6,9,12,15,17H,7-8,10-11H2,1-2H3. The maximum atomic E-state index is 5.84. The van der Waals surface area contributed by atoms with Gasteiger partial charge in [0, 0.05) is 18.0 Å². The van der Waals surface area contributed by atoms with E-state index >= 15 is 0 Å². The molecule has 0 aliphatic carbocycles. The summed E-state index contributed by atoms with van der Waals surface area (Å²) < 4.78 is 5.84. The van der Waals surface area contributed by atoms with Gasteiger partial charge in [-0.3, -0.25) is 0 Å². The van der Waals surface area contributed by atoms with Crippen molar-refractivity contribution < 1.29 is 4.42 Å². The quantitative estimate of drug-likeness (QED) is 0.917. The number of nitrogens with one attached hydrogen (secondary N) is 1. The lowest BCUT2D eigenvalue weighted by atomic mass is 9.94. The van der Waals surface area contributed by atoms with Crippen molar-refractivity contribution >= 4 is 11.0 Å². The third-order valence-electron chi connectivity index (χ3n) is 4.12. The lowest BCUT2D eigenvalue weighted by Gasteiger charge is -2.35. The van der Waals surface area contributed by atoms with Crippen LogP contribution in [0.2, 0.25) is 0 Å². The largest absolute Gasteiger partial charge is 0.460 e. The van der Waals surface area contributed by atoms with E-state index in [1.54, 1.807) is 0 Å². The number of rotatable bonds is 3. The monoisotopic (exact) mass is 258 g/mol. The van der Waals surface area contributed by atoms with Crippen molar-refractivity contribution in [3.05, 3.63) is 36.1 Å². The molecule has 2 unspecified atom stereocenters. The highest BCUT2D eigenvalue weighted by Crippen LogP contribution is 2.20. The number of piperidine rings is 1. The number of nitrogens with zero attached hydrogens (tertiary/aromatic N) is 1. The van der Waals surface area contributed by atoms with E-state index in [0.29, 0.717) is 12.0 Å². The van der Waals surface area contributed by atoms with Crippen LogP contribution in [0.15, 0.2) is 34.7 Å². The van der Waals surface area contributed by atoms with Crippen LogP contribution in [0.5, 0.6) is 0 Å². The van der Waals surface area contributed by atoms with E-state index in [0.717, 1.165) is 17.9 Å². The van der Waals surface area contributed by atoms with Crippen LogP contribution in [-0.2, 0) is 6.54 Å². The molecule has 1 aliphatic rings. The molecule has 3 nitrogen and oxygen atoms in total. The SMILES string of the molecule is CC1CN(C)CCC1NCc1cc2ccccc2o1. The molecule has 19 heavy (non-hydrogen) atoms. The first-order valence-corrected chi connectivity index (χ1v) is 7.12. The van der Waals surface area contributed by atoms with Gasteiger partial charge >= 0.3 is 0 Å². The maximum absolute atomic E-state index is 5.84. The van der Waals surface area contributed by atoms with E-state index in [9.17, 15) is 0 Å². The van der Waals surface area contributed by atoms with E-state index in [-0.39, 0.29) is 0 Å². The van der Waals surface area contributed by atoms with Gasteiger partial charge in [-0.15, -0.1) is 0 Å². The second kappa shape index (κ2) is 5.35. The Labute approximate surface area is 114 Å². The number of hydrogen-bond acceptors (Lipinski definition) is 3. The van der Waals surface area contributed by atoms with E-state index in [1.165, 1.54) is 24.9 Å². The van der Waals surface area contributed by atoms with Gasteiger partial charge in [-0.05, 0) is 38.1 Å². The minimum atomic E-state index is 0.601. The average molecular weight is 258 g/mol. The lowest BCUT2D eigenvalue weighted by molar-refractivity contribution is 0.172. The van der Waals surface area contributed by atoms with Gasteiger partial charge in [0.25, 0.3) is 0 Å². The molecule has 0 bridgehead atoms.